The first-order chi connectivity index (χ1) is 15.4. The Balaban J connectivity index is 1.61. The van der Waals surface area contributed by atoms with Gasteiger partial charge < -0.3 is 10.6 Å². The number of nitrogens with two attached hydrogens (primary N) is 1. The summed E-state index contributed by atoms with van der Waals surface area (Å²) in [4.78, 5) is 43.1. The lowest BCUT2D eigenvalue weighted by molar-refractivity contribution is -0.733. The number of amides is 3. The minimum Gasteiger partial charge on any atom is -0.326 e. The summed E-state index contributed by atoms with van der Waals surface area (Å²) >= 11 is 1.75. The Bertz CT molecular complexity index is 971. The number of rotatable bonds is 4. The fraction of sp³-hybridized carbons (Fsp3) is 0.640. The molecule has 3 N–H and O–H groups in total. The number of aryl methyl sites for hydroxylation is 1. The molecular weight excluding hydrogens is 422 g/mol. The number of quaternary nitrogens is 1. The van der Waals surface area contributed by atoms with E-state index in [0.717, 1.165) is 60.2 Å². The molecule has 0 radical (unpaired) electrons. The highest BCUT2D eigenvalue weighted by atomic mass is 32.2. The highest BCUT2D eigenvalue weighted by molar-refractivity contribution is 7.98. The summed E-state index contributed by atoms with van der Waals surface area (Å²) < 4.78 is 0. The molecule has 4 aliphatic rings. The van der Waals surface area contributed by atoms with Crippen molar-refractivity contribution in [1.82, 2.24) is 4.90 Å². The Morgan fingerprint density at radius 3 is 2.50 bits per heavy atom. The van der Waals surface area contributed by atoms with Gasteiger partial charge >= 0.3 is 0 Å². The molecule has 1 aromatic rings. The third kappa shape index (κ3) is 3.00. The molecule has 1 aromatic carbocycles. The van der Waals surface area contributed by atoms with Gasteiger partial charge in [-0.25, -0.2) is 0 Å². The van der Waals surface area contributed by atoms with Crippen LogP contribution in [0.25, 0.3) is 0 Å². The zero-order valence-corrected chi connectivity index (χ0v) is 20.1. The summed E-state index contributed by atoms with van der Waals surface area (Å²) in [6, 6.07) is 3.98. The Morgan fingerprint density at radius 1 is 1.09 bits per heavy atom. The second kappa shape index (κ2) is 8.17. The van der Waals surface area contributed by atoms with Crippen molar-refractivity contribution < 1.29 is 19.7 Å². The molecule has 3 fully saturated rings. The number of carbonyl (C=O) groups excluding carboxylic acids is 3. The van der Waals surface area contributed by atoms with Gasteiger partial charge in [0.15, 0.2) is 0 Å². The average Bonchev–Trinajstić information content (AvgIpc) is 3.24. The summed E-state index contributed by atoms with van der Waals surface area (Å²) in [5.41, 5.74) is 2.85. The van der Waals surface area contributed by atoms with E-state index in [0.29, 0.717) is 0 Å². The van der Waals surface area contributed by atoms with Crippen LogP contribution in [-0.4, -0.2) is 46.7 Å². The third-order valence-electron chi connectivity index (χ3n) is 8.45. The first-order valence-corrected chi connectivity index (χ1v) is 13.4. The predicted octanol–water partition coefficient (Wildman–Crippen LogP) is 2.47. The van der Waals surface area contributed by atoms with Crippen LogP contribution >= 0.6 is 11.8 Å². The molecule has 172 valence electrons. The van der Waals surface area contributed by atoms with Crippen LogP contribution in [0.5, 0.6) is 0 Å². The molecule has 3 heterocycles. The fourth-order valence-electron chi connectivity index (χ4n) is 6.70. The van der Waals surface area contributed by atoms with Crippen LogP contribution < -0.4 is 10.6 Å². The molecule has 32 heavy (non-hydrogen) atoms. The molecule has 1 saturated carbocycles. The zero-order valence-electron chi connectivity index (χ0n) is 19.3. The lowest BCUT2D eigenvalue weighted by atomic mass is 9.76. The number of hydrogen-bond donors (Lipinski definition) is 2. The number of thioether (sulfide) groups is 1. The lowest BCUT2D eigenvalue weighted by Crippen LogP contribution is -2.99. The smallest absolute Gasteiger partial charge is 0.291 e. The molecule has 0 unspecified atom stereocenters. The number of nitrogens with one attached hydrogen (secondary N) is 1. The molecule has 6 nitrogen and oxygen atoms in total. The SMILES string of the molecule is CSCC[C@H]1[NH2+][C@]2(C(=O)Nc3c2ccc(C)c3C)[C@@H]2C(=O)N(C3CCCCCC3)C(=O)[C@@H]21. The Kier molecular flexibility index (Phi) is 5.61. The largest absolute Gasteiger partial charge is 0.326 e. The number of fused-ring (bicyclic) bond motifs is 4. The molecule has 3 amide bonds. The molecule has 0 aromatic heterocycles. The molecule has 2 saturated heterocycles. The predicted molar refractivity (Wildman–Crippen MR) is 125 cm³/mol. The zero-order chi connectivity index (χ0) is 22.6. The number of anilines is 1. The van der Waals surface area contributed by atoms with E-state index in [2.05, 4.69) is 16.9 Å². The Hall–Kier alpha value is -1.86. The minimum absolute atomic E-state index is 0.00922. The fourth-order valence-corrected chi connectivity index (χ4v) is 7.20. The van der Waals surface area contributed by atoms with Crippen LogP contribution in [0.4, 0.5) is 5.69 Å². The van der Waals surface area contributed by atoms with Gasteiger partial charge in [0.05, 0.1) is 5.69 Å². The molecule has 7 heteroatoms. The lowest BCUT2D eigenvalue weighted by Gasteiger charge is -2.30. The van der Waals surface area contributed by atoms with Gasteiger partial charge in [0.1, 0.15) is 17.9 Å². The highest BCUT2D eigenvalue weighted by Gasteiger charge is 2.74. The van der Waals surface area contributed by atoms with Gasteiger partial charge in [0.2, 0.25) is 17.4 Å². The number of hydrogen-bond acceptors (Lipinski definition) is 4. The van der Waals surface area contributed by atoms with Crippen LogP contribution in [0, 0.1) is 25.7 Å². The van der Waals surface area contributed by atoms with E-state index in [-0.39, 0.29) is 29.8 Å². The number of benzene rings is 1. The van der Waals surface area contributed by atoms with Crippen molar-refractivity contribution in [2.75, 3.05) is 17.3 Å². The maximum Gasteiger partial charge on any atom is 0.291 e. The van der Waals surface area contributed by atoms with Crippen LogP contribution in [0.2, 0.25) is 0 Å². The van der Waals surface area contributed by atoms with E-state index in [9.17, 15) is 14.4 Å². The number of likely N-dealkylation sites (tertiary alicyclic amines) is 1. The van der Waals surface area contributed by atoms with E-state index in [1.165, 1.54) is 12.8 Å². The maximum atomic E-state index is 14.0. The van der Waals surface area contributed by atoms with Gasteiger partial charge in [-0.05, 0) is 55.9 Å². The van der Waals surface area contributed by atoms with Gasteiger partial charge in [-0.2, -0.15) is 11.8 Å². The van der Waals surface area contributed by atoms with Crippen molar-refractivity contribution in [3.05, 3.63) is 28.8 Å². The average molecular weight is 457 g/mol. The normalized spacial score (nSPS) is 32.4. The van der Waals surface area contributed by atoms with Gasteiger partial charge in [-0.1, -0.05) is 31.7 Å². The van der Waals surface area contributed by atoms with E-state index in [4.69, 9.17) is 0 Å². The van der Waals surface area contributed by atoms with Crippen molar-refractivity contribution in [2.24, 2.45) is 11.8 Å². The monoisotopic (exact) mass is 456 g/mol. The second-order valence-electron chi connectivity index (χ2n) is 10.1. The standard InChI is InChI=1S/C25H33N3O3S/c1-14-10-11-17-21(15(14)2)26-24(31)25(17)20-19(18(27-25)12-13-32-3)22(29)28(23(20)30)16-8-6-4-5-7-9-16/h10-11,16,18-20,27H,4-9,12-13H2,1-3H3,(H,26,31)/p+1/t18-,19-,20+,25+/m1/s1. The molecule has 0 bridgehead atoms. The van der Waals surface area contributed by atoms with Gasteiger partial charge in [0.25, 0.3) is 5.91 Å². The summed E-state index contributed by atoms with van der Waals surface area (Å²) in [6.07, 6.45) is 9.12. The van der Waals surface area contributed by atoms with Gasteiger partial charge in [-0.3, -0.25) is 19.3 Å². The summed E-state index contributed by atoms with van der Waals surface area (Å²) in [7, 11) is 0. The number of carbonyl (C=O) groups is 3. The van der Waals surface area contributed by atoms with Crippen molar-refractivity contribution in [3.63, 3.8) is 0 Å². The molecule has 4 atom stereocenters. The van der Waals surface area contributed by atoms with Crippen molar-refractivity contribution in [3.8, 4) is 0 Å². The molecule has 1 spiro atoms. The van der Waals surface area contributed by atoms with Crippen LogP contribution in [0.1, 0.15) is 61.6 Å². The highest BCUT2D eigenvalue weighted by Crippen LogP contribution is 2.51. The first-order valence-electron chi connectivity index (χ1n) is 12.1. The van der Waals surface area contributed by atoms with Crippen LogP contribution in [-0.2, 0) is 19.9 Å². The van der Waals surface area contributed by atoms with Gasteiger partial charge in [0, 0.05) is 18.0 Å². The van der Waals surface area contributed by atoms with Crippen LogP contribution in [0.15, 0.2) is 12.1 Å². The molecule has 5 rings (SSSR count). The quantitative estimate of drug-likeness (QED) is 0.539. The summed E-state index contributed by atoms with van der Waals surface area (Å²) in [5, 5.41) is 5.19. The topological polar surface area (TPSA) is 83.1 Å². The number of nitrogens with zero attached hydrogens (tertiary/aromatic N) is 1. The minimum atomic E-state index is -1.03. The van der Waals surface area contributed by atoms with Crippen molar-refractivity contribution in [2.45, 2.75) is 76.4 Å². The molecule has 1 aliphatic carbocycles. The van der Waals surface area contributed by atoms with E-state index in [1.807, 2.05) is 26.0 Å². The van der Waals surface area contributed by atoms with Crippen molar-refractivity contribution >= 4 is 35.2 Å². The Labute approximate surface area is 194 Å². The van der Waals surface area contributed by atoms with Crippen LogP contribution in [0.3, 0.4) is 0 Å². The summed E-state index contributed by atoms with van der Waals surface area (Å²) in [6.45, 7) is 4.05. The Morgan fingerprint density at radius 2 is 1.81 bits per heavy atom. The van der Waals surface area contributed by atoms with E-state index in [1.54, 1.807) is 16.7 Å². The molecule has 3 aliphatic heterocycles. The van der Waals surface area contributed by atoms with Crippen molar-refractivity contribution in [1.29, 1.82) is 0 Å². The first kappa shape index (κ1) is 22.0. The summed E-state index contributed by atoms with van der Waals surface area (Å²) in [5.74, 6) is -0.407. The molecular formula is C25H34N3O3S+. The third-order valence-corrected chi connectivity index (χ3v) is 9.10. The van der Waals surface area contributed by atoms with E-state index < -0.39 is 17.4 Å². The maximum absolute atomic E-state index is 14.0. The number of imide groups is 1. The van der Waals surface area contributed by atoms with Gasteiger partial charge in [-0.15, -0.1) is 0 Å². The van der Waals surface area contributed by atoms with E-state index >= 15 is 0 Å². The second-order valence-corrected chi connectivity index (χ2v) is 11.0.